The molecule has 0 aromatic rings. The molecule has 0 bridgehead atoms. The molecule has 1 aliphatic rings. The maximum absolute atomic E-state index is 11.8. The topological polar surface area (TPSA) is 84.9 Å². The van der Waals surface area contributed by atoms with Gasteiger partial charge in [-0.3, -0.25) is 4.90 Å². The molecule has 1 fully saturated rings. The molecule has 1 unspecified atom stereocenters. The summed E-state index contributed by atoms with van der Waals surface area (Å²) in [5, 5.41) is 14.3. The smallest absolute Gasteiger partial charge is 0.326 e. The van der Waals surface area contributed by atoms with Gasteiger partial charge in [0.15, 0.2) is 0 Å². The van der Waals surface area contributed by atoms with E-state index in [0.717, 1.165) is 19.6 Å². The highest BCUT2D eigenvalue weighted by atomic mass is 16.4. The Hall–Kier alpha value is -1.34. The minimum Gasteiger partial charge on any atom is -0.480 e. The van der Waals surface area contributed by atoms with Gasteiger partial charge >= 0.3 is 12.0 Å². The van der Waals surface area contributed by atoms with Gasteiger partial charge in [0.2, 0.25) is 0 Å². The summed E-state index contributed by atoms with van der Waals surface area (Å²) in [5.74, 6) is -1.16. The summed E-state index contributed by atoms with van der Waals surface area (Å²) in [4.78, 5) is 27.2. The normalized spacial score (nSPS) is 22.6. The molecule has 1 rings (SSSR count). The van der Waals surface area contributed by atoms with E-state index in [1.54, 1.807) is 13.8 Å². The van der Waals surface area contributed by atoms with Gasteiger partial charge in [-0.05, 0) is 20.0 Å². The Kier molecular flexibility index (Phi) is 6.22. The summed E-state index contributed by atoms with van der Waals surface area (Å²) < 4.78 is 0. The lowest BCUT2D eigenvalue weighted by Gasteiger charge is -2.37. The number of carboxylic acid groups (broad SMARTS) is 1. The fourth-order valence-corrected chi connectivity index (χ4v) is 2.24. The minimum absolute atomic E-state index is 0.151. The standard InChI is InChI=1S/C13H26N4O3/c1-9(2)11(12(18)19)15-13(20)14-7-10-8-16(3)5-6-17(10)4/h9-11H,5-8H2,1-4H3,(H,18,19)(H2,14,15,20)/t10?,11-/m1/s1. The van der Waals surface area contributed by atoms with Crippen molar-refractivity contribution in [3.63, 3.8) is 0 Å². The fourth-order valence-electron chi connectivity index (χ4n) is 2.24. The van der Waals surface area contributed by atoms with Gasteiger partial charge < -0.3 is 20.6 Å². The molecule has 0 aromatic carbocycles. The predicted octanol–water partition coefficient (Wildman–Crippen LogP) is -0.359. The van der Waals surface area contributed by atoms with Crippen molar-refractivity contribution in [3.05, 3.63) is 0 Å². The average Bonchev–Trinajstić information content (AvgIpc) is 2.36. The summed E-state index contributed by atoms with van der Waals surface area (Å²) >= 11 is 0. The third-order valence-corrected chi connectivity index (χ3v) is 3.70. The van der Waals surface area contributed by atoms with E-state index in [2.05, 4.69) is 27.5 Å². The minimum atomic E-state index is -1.01. The number of urea groups is 1. The number of nitrogens with zero attached hydrogens (tertiary/aromatic N) is 2. The first-order valence-corrected chi connectivity index (χ1v) is 6.97. The Morgan fingerprint density at radius 2 is 1.95 bits per heavy atom. The predicted molar refractivity (Wildman–Crippen MR) is 76.7 cm³/mol. The third-order valence-electron chi connectivity index (χ3n) is 3.70. The summed E-state index contributed by atoms with van der Waals surface area (Å²) in [6, 6.07) is -1.03. The largest absolute Gasteiger partial charge is 0.480 e. The van der Waals surface area contributed by atoms with E-state index >= 15 is 0 Å². The Morgan fingerprint density at radius 3 is 2.50 bits per heavy atom. The highest BCUT2D eigenvalue weighted by Gasteiger charge is 2.25. The first-order valence-electron chi connectivity index (χ1n) is 6.97. The van der Waals surface area contributed by atoms with Gasteiger partial charge in [0.05, 0.1) is 0 Å². The summed E-state index contributed by atoms with van der Waals surface area (Å²) in [7, 11) is 4.09. The van der Waals surface area contributed by atoms with Crippen LogP contribution in [0.15, 0.2) is 0 Å². The second kappa shape index (κ2) is 7.44. The number of carbonyl (C=O) groups is 2. The van der Waals surface area contributed by atoms with Crippen LogP contribution in [0.2, 0.25) is 0 Å². The maximum Gasteiger partial charge on any atom is 0.326 e. The second-order valence-corrected chi connectivity index (χ2v) is 5.81. The van der Waals surface area contributed by atoms with Crippen molar-refractivity contribution >= 4 is 12.0 Å². The zero-order chi connectivity index (χ0) is 15.3. The number of hydrogen-bond donors (Lipinski definition) is 3. The number of carboxylic acids is 1. The molecule has 2 atom stereocenters. The molecule has 2 amide bonds. The Labute approximate surface area is 120 Å². The van der Waals surface area contributed by atoms with Gasteiger partial charge in [0, 0.05) is 32.2 Å². The van der Waals surface area contributed by atoms with Gasteiger partial charge in [-0.1, -0.05) is 13.8 Å². The van der Waals surface area contributed by atoms with Crippen LogP contribution in [-0.2, 0) is 4.79 Å². The number of rotatable bonds is 5. The van der Waals surface area contributed by atoms with E-state index in [-0.39, 0.29) is 12.0 Å². The first kappa shape index (κ1) is 16.7. The molecule has 7 nitrogen and oxygen atoms in total. The SMILES string of the molecule is CC(C)[C@@H](NC(=O)NCC1CN(C)CCN1C)C(=O)O. The highest BCUT2D eigenvalue weighted by Crippen LogP contribution is 2.05. The molecule has 3 N–H and O–H groups in total. The molecule has 0 spiro atoms. The lowest BCUT2D eigenvalue weighted by Crippen LogP contribution is -2.56. The molecule has 0 saturated carbocycles. The summed E-state index contributed by atoms with van der Waals surface area (Å²) in [5.41, 5.74) is 0. The van der Waals surface area contributed by atoms with E-state index in [9.17, 15) is 9.59 Å². The molecule has 1 heterocycles. The number of nitrogens with one attached hydrogen (secondary N) is 2. The molecular weight excluding hydrogens is 260 g/mol. The number of piperazine rings is 1. The fraction of sp³-hybridized carbons (Fsp3) is 0.846. The highest BCUT2D eigenvalue weighted by molar-refractivity contribution is 5.82. The molecule has 20 heavy (non-hydrogen) atoms. The number of likely N-dealkylation sites (N-methyl/N-ethyl adjacent to an activating group) is 2. The van der Waals surface area contributed by atoms with Gasteiger partial charge in [0.25, 0.3) is 0 Å². The zero-order valence-corrected chi connectivity index (χ0v) is 12.7. The van der Waals surface area contributed by atoms with Crippen LogP contribution in [-0.4, -0.2) is 79.3 Å². The van der Waals surface area contributed by atoms with Crippen LogP contribution in [0.25, 0.3) is 0 Å². The van der Waals surface area contributed by atoms with Gasteiger partial charge in [-0.15, -0.1) is 0 Å². The molecule has 1 saturated heterocycles. The van der Waals surface area contributed by atoms with Crippen molar-refractivity contribution < 1.29 is 14.7 Å². The molecule has 0 aromatic heterocycles. The quantitative estimate of drug-likeness (QED) is 0.643. The lowest BCUT2D eigenvalue weighted by molar-refractivity contribution is -0.140. The van der Waals surface area contributed by atoms with Crippen LogP contribution in [0.3, 0.4) is 0 Å². The number of aliphatic carboxylic acids is 1. The van der Waals surface area contributed by atoms with Gasteiger partial charge in [0.1, 0.15) is 6.04 Å². The molecule has 116 valence electrons. The maximum atomic E-state index is 11.8. The van der Waals surface area contributed by atoms with E-state index in [0.29, 0.717) is 6.54 Å². The van der Waals surface area contributed by atoms with Crippen LogP contribution in [0, 0.1) is 5.92 Å². The molecule has 0 radical (unpaired) electrons. The van der Waals surface area contributed by atoms with Gasteiger partial charge in [-0.2, -0.15) is 0 Å². The third kappa shape index (κ3) is 4.97. The summed E-state index contributed by atoms with van der Waals surface area (Å²) in [6.45, 7) is 6.92. The van der Waals surface area contributed by atoms with Crippen LogP contribution in [0.4, 0.5) is 4.79 Å². The first-order chi connectivity index (χ1) is 9.31. The van der Waals surface area contributed by atoms with Crippen molar-refractivity contribution in [1.29, 1.82) is 0 Å². The van der Waals surface area contributed by atoms with Crippen LogP contribution < -0.4 is 10.6 Å². The molecular formula is C13H26N4O3. The molecule has 7 heteroatoms. The Morgan fingerprint density at radius 1 is 1.30 bits per heavy atom. The van der Waals surface area contributed by atoms with E-state index in [1.165, 1.54) is 0 Å². The molecule has 0 aliphatic carbocycles. The number of amides is 2. The Balaban J connectivity index is 2.40. The van der Waals surface area contributed by atoms with Crippen molar-refractivity contribution in [2.24, 2.45) is 5.92 Å². The number of hydrogen-bond acceptors (Lipinski definition) is 4. The average molecular weight is 286 g/mol. The van der Waals surface area contributed by atoms with E-state index in [4.69, 9.17) is 5.11 Å². The van der Waals surface area contributed by atoms with Crippen molar-refractivity contribution in [2.75, 3.05) is 40.3 Å². The van der Waals surface area contributed by atoms with Crippen LogP contribution >= 0.6 is 0 Å². The van der Waals surface area contributed by atoms with Crippen molar-refractivity contribution in [1.82, 2.24) is 20.4 Å². The van der Waals surface area contributed by atoms with Crippen molar-refractivity contribution in [3.8, 4) is 0 Å². The van der Waals surface area contributed by atoms with Crippen molar-refractivity contribution in [2.45, 2.75) is 25.9 Å². The lowest BCUT2D eigenvalue weighted by atomic mass is 10.1. The van der Waals surface area contributed by atoms with E-state index < -0.39 is 18.0 Å². The summed E-state index contributed by atoms with van der Waals surface area (Å²) in [6.07, 6.45) is 0. The van der Waals surface area contributed by atoms with Gasteiger partial charge in [-0.25, -0.2) is 9.59 Å². The number of carbonyl (C=O) groups excluding carboxylic acids is 1. The van der Waals surface area contributed by atoms with Crippen LogP contribution in [0.1, 0.15) is 13.8 Å². The van der Waals surface area contributed by atoms with E-state index in [1.807, 2.05) is 7.05 Å². The van der Waals surface area contributed by atoms with Crippen LogP contribution in [0.5, 0.6) is 0 Å². The second-order valence-electron chi connectivity index (χ2n) is 5.81. The molecule has 1 aliphatic heterocycles. The zero-order valence-electron chi connectivity index (χ0n) is 12.7. The monoisotopic (exact) mass is 286 g/mol. The Bertz CT molecular complexity index is 349.